The van der Waals surface area contributed by atoms with Crippen molar-refractivity contribution < 1.29 is 18.7 Å². The minimum atomic E-state index is -0.671. The van der Waals surface area contributed by atoms with Crippen LogP contribution in [0.15, 0.2) is 47.3 Å². The van der Waals surface area contributed by atoms with Gasteiger partial charge in [0.2, 0.25) is 0 Å². The van der Waals surface area contributed by atoms with Crippen LogP contribution in [0.4, 0.5) is 0 Å². The zero-order valence-electron chi connectivity index (χ0n) is 12.8. The molecule has 1 N–H and O–H groups in total. The maximum atomic E-state index is 12.4. The van der Waals surface area contributed by atoms with Crippen LogP contribution in [-0.4, -0.2) is 25.0 Å². The monoisotopic (exact) mass is 301 g/mol. The van der Waals surface area contributed by atoms with Crippen molar-refractivity contribution in [1.82, 2.24) is 5.32 Å². The summed E-state index contributed by atoms with van der Waals surface area (Å²) in [5.41, 5.74) is 2.25. The lowest BCUT2D eigenvalue weighted by molar-refractivity contribution is -0.144. The molecule has 0 spiro atoms. The molecule has 0 aliphatic heterocycles. The number of amides is 1. The fourth-order valence-electron chi connectivity index (χ4n) is 2.12. The van der Waals surface area contributed by atoms with Gasteiger partial charge in [-0.1, -0.05) is 26.0 Å². The molecule has 2 aromatic rings. The fourth-order valence-corrected chi connectivity index (χ4v) is 2.12. The first kappa shape index (κ1) is 15.8. The largest absolute Gasteiger partial charge is 0.472 e. The van der Waals surface area contributed by atoms with Gasteiger partial charge in [0.1, 0.15) is 6.04 Å². The van der Waals surface area contributed by atoms with Crippen molar-refractivity contribution in [3.05, 3.63) is 48.4 Å². The highest BCUT2D eigenvalue weighted by molar-refractivity contribution is 5.97. The van der Waals surface area contributed by atoms with Crippen LogP contribution < -0.4 is 5.32 Å². The molecule has 1 aromatic heterocycles. The van der Waals surface area contributed by atoms with Gasteiger partial charge in [-0.05, 0) is 29.7 Å². The van der Waals surface area contributed by atoms with Crippen LogP contribution in [0.3, 0.4) is 0 Å². The predicted octanol–water partition coefficient (Wildman–Crippen LogP) is 2.87. The van der Waals surface area contributed by atoms with E-state index in [9.17, 15) is 9.59 Å². The van der Waals surface area contributed by atoms with E-state index in [1.165, 1.54) is 7.11 Å². The molecule has 0 unspecified atom stereocenters. The molecular weight excluding hydrogens is 282 g/mol. The molecule has 0 saturated carbocycles. The Hall–Kier alpha value is -2.56. The van der Waals surface area contributed by atoms with Crippen molar-refractivity contribution in [2.75, 3.05) is 7.11 Å². The third-order valence-electron chi connectivity index (χ3n) is 3.39. The van der Waals surface area contributed by atoms with Crippen LogP contribution in [-0.2, 0) is 9.53 Å². The molecule has 1 heterocycles. The van der Waals surface area contributed by atoms with Crippen LogP contribution in [0, 0.1) is 5.92 Å². The summed E-state index contributed by atoms with van der Waals surface area (Å²) in [6.45, 7) is 3.70. The van der Waals surface area contributed by atoms with Crippen LogP contribution in [0.5, 0.6) is 0 Å². The topological polar surface area (TPSA) is 68.5 Å². The normalized spacial score (nSPS) is 12.0. The maximum Gasteiger partial charge on any atom is 0.328 e. The summed E-state index contributed by atoms with van der Waals surface area (Å²) in [6, 6.07) is 8.29. The van der Waals surface area contributed by atoms with E-state index in [1.54, 1.807) is 30.7 Å². The Labute approximate surface area is 129 Å². The molecule has 5 nitrogen and oxygen atoms in total. The van der Waals surface area contributed by atoms with Crippen molar-refractivity contribution >= 4 is 11.9 Å². The fraction of sp³-hybridized carbons (Fsp3) is 0.294. The number of hydrogen-bond acceptors (Lipinski definition) is 4. The first-order valence-electron chi connectivity index (χ1n) is 7.04. The molecule has 2 rings (SSSR count). The number of furan rings is 1. The summed E-state index contributed by atoms with van der Waals surface area (Å²) in [5, 5.41) is 2.72. The lowest BCUT2D eigenvalue weighted by atomic mass is 10.0. The SMILES string of the molecule is COC(=O)[C@H](NC(=O)c1cccc(-c2ccoc2)c1)C(C)C. The van der Waals surface area contributed by atoms with E-state index >= 15 is 0 Å². The van der Waals surface area contributed by atoms with Gasteiger partial charge in [-0.25, -0.2) is 4.79 Å². The van der Waals surface area contributed by atoms with E-state index in [-0.39, 0.29) is 11.8 Å². The molecule has 1 atom stereocenters. The summed E-state index contributed by atoms with van der Waals surface area (Å²) in [6.07, 6.45) is 3.19. The van der Waals surface area contributed by atoms with E-state index in [0.717, 1.165) is 11.1 Å². The zero-order valence-corrected chi connectivity index (χ0v) is 12.8. The second-order valence-electron chi connectivity index (χ2n) is 5.31. The molecular formula is C17H19NO4. The Morgan fingerprint density at radius 3 is 2.55 bits per heavy atom. The molecule has 1 amide bonds. The van der Waals surface area contributed by atoms with Gasteiger partial charge in [0.15, 0.2) is 0 Å². The number of carbonyl (C=O) groups is 2. The summed E-state index contributed by atoms with van der Waals surface area (Å²) in [5.74, 6) is -0.822. The minimum Gasteiger partial charge on any atom is -0.472 e. The highest BCUT2D eigenvalue weighted by Gasteiger charge is 2.25. The molecule has 22 heavy (non-hydrogen) atoms. The number of rotatable bonds is 5. The number of hydrogen-bond donors (Lipinski definition) is 1. The van der Waals surface area contributed by atoms with E-state index in [2.05, 4.69) is 5.32 Å². The molecule has 0 bridgehead atoms. The molecule has 0 aliphatic rings. The average Bonchev–Trinajstić information content (AvgIpc) is 3.06. The molecule has 0 saturated heterocycles. The number of esters is 1. The first-order chi connectivity index (χ1) is 10.5. The van der Waals surface area contributed by atoms with E-state index in [1.807, 2.05) is 26.0 Å². The summed E-state index contributed by atoms with van der Waals surface area (Å²) < 4.78 is 9.78. The van der Waals surface area contributed by atoms with Crippen molar-refractivity contribution in [3.63, 3.8) is 0 Å². The van der Waals surface area contributed by atoms with E-state index in [0.29, 0.717) is 5.56 Å². The smallest absolute Gasteiger partial charge is 0.328 e. The Morgan fingerprint density at radius 1 is 1.18 bits per heavy atom. The van der Waals surface area contributed by atoms with Crippen molar-refractivity contribution in [3.8, 4) is 11.1 Å². The number of methoxy groups -OCH3 is 1. The highest BCUT2D eigenvalue weighted by atomic mass is 16.5. The van der Waals surface area contributed by atoms with Gasteiger partial charge < -0.3 is 14.5 Å². The Morgan fingerprint density at radius 2 is 1.95 bits per heavy atom. The minimum absolute atomic E-state index is 0.0616. The molecule has 0 fully saturated rings. The predicted molar refractivity (Wildman–Crippen MR) is 82.3 cm³/mol. The van der Waals surface area contributed by atoms with Crippen molar-refractivity contribution in [2.24, 2.45) is 5.92 Å². The van der Waals surface area contributed by atoms with Crippen LogP contribution in [0.25, 0.3) is 11.1 Å². The molecule has 5 heteroatoms. The van der Waals surface area contributed by atoms with Crippen LogP contribution in [0.2, 0.25) is 0 Å². The van der Waals surface area contributed by atoms with Gasteiger partial charge >= 0.3 is 5.97 Å². The summed E-state index contributed by atoms with van der Waals surface area (Å²) in [7, 11) is 1.31. The summed E-state index contributed by atoms with van der Waals surface area (Å²) >= 11 is 0. The lowest BCUT2D eigenvalue weighted by Gasteiger charge is -2.19. The number of benzene rings is 1. The highest BCUT2D eigenvalue weighted by Crippen LogP contribution is 2.21. The summed E-state index contributed by atoms with van der Waals surface area (Å²) in [4.78, 5) is 24.1. The van der Waals surface area contributed by atoms with Crippen LogP contribution in [0.1, 0.15) is 24.2 Å². The number of ether oxygens (including phenoxy) is 1. The van der Waals surface area contributed by atoms with Gasteiger partial charge in [0.05, 0.1) is 19.6 Å². The van der Waals surface area contributed by atoms with Gasteiger partial charge in [-0.15, -0.1) is 0 Å². The van der Waals surface area contributed by atoms with Gasteiger partial charge in [0.25, 0.3) is 5.91 Å². The lowest BCUT2D eigenvalue weighted by Crippen LogP contribution is -2.45. The van der Waals surface area contributed by atoms with Gasteiger partial charge in [-0.2, -0.15) is 0 Å². The molecule has 0 radical (unpaired) electrons. The van der Waals surface area contributed by atoms with Crippen molar-refractivity contribution in [1.29, 1.82) is 0 Å². The molecule has 0 aliphatic carbocycles. The second-order valence-corrected chi connectivity index (χ2v) is 5.31. The first-order valence-corrected chi connectivity index (χ1v) is 7.04. The van der Waals surface area contributed by atoms with E-state index < -0.39 is 12.0 Å². The maximum absolute atomic E-state index is 12.4. The Balaban J connectivity index is 2.19. The van der Waals surface area contributed by atoms with E-state index in [4.69, 9.17) is 9.15 Å². The molecule has 116 valence electrons. The zero-order chi connectivity index (χ0) is 16.1. The molecule has 1 aromatic carbocycles. The average molecular weight is 301 g/mol. The Bertz CT molecular complexity index is 646. The second kappa shape index (κ2) is 6.93. The van der Waals surface area contributed by atoms with Gasteiger partial charge in [-0.3, -0.25) is 4.79 Å². The van der Waals surface area contributed by atoms with Crippen LogP contribution >= 0.6 is 0 Å². The van der Waals surface area contributed by atoms with Crippen molar-refractivity contribution in [2.45, 2.75) is 19.9 Å². The number of carbonyl (C=O) groups excluding carboxylic acids is 2. The Kier molecular flexibility index (Phi) is 4.99. The standard InChI is InChI=1S/C17H19NO4/c1-11(2)15(17(20)21-3)18-16(19)13-6-4-5-12(9-13)14-7-8-22-10-14/h4-11,15H,1-3H3,(H,18,19)/t15-/m1/s1. The quantitative estimate of drug-likeness (QED) is 0.862. The third-order valence-corrected chi connectivity index (χ3v) is 3.39. The number of nitrogens with one attached hydrogen (secondary N) is 1. The van der Waals surface area contributed by atoms with Gasteiger partial charge in [0, 0.05) is 11.1 Å². The third kappa shape index (κ3) is 3.55.